The Balaban J connectivity index is 2.01. The lowest BCUT2D eigenvalue weighted by molar-refractivity contribution is 0.545. The fourth-order valence-electron chi connectivity index (χ4n) is 2.10. The van der Waals surface area contributed by atoms with Gasteiger partial charge in [0.2, 0.25) is 0 Å². The number of hydrogen-bond acceptors (Lipinski definition) is 2. The van der Waals surface area contributed by atoms with Crippen LogP contribution in [-0.4, -0.2) is 16.3 Å². The molecule has 0 amide bonds. The lowest BCUT2D eigenvalue weighted by atomic mass is 10.2. The molecule has 1 heterocycles. The maximum Gasteiger partial charge on any atom is 0.0641 e. The van der Waals surface area contributed by atoms with Crippen LogP contribution in [-0.2, 0) is 13.1 Å². The molecule has 0 radical (unpaired) electrons. The van der Waals surface area contributed by atoms with Crippen LogP contribution in [0.2, 0.25) is 0 Å². The highest BCUT2D eigenvalue weighted by atomic mass is 15.3. The second kappa shape index (κ2) is 5.00. The van der Waals surface area contributed by atoms with Crippen LogP contribution < -0.4 is 5.32 Å². The van der Waals surface area contributed by atoms with Gasteiger partial charge >= 0.3 is 0 Å². The number of hydrogen-bond donors (Lipinski definition) is 1. The molecule has 1 aromatic heterocycles. The largest absolute Gasteiger partial charge is 0.313 e. The van der Waals surface area contributed by atoms with E-state index in [1.54, 1.807) is 0 Å². The normalized spacial score (nSPS) is 15.7. The van der Waals surface area contributed by atoms with Gasteiger partial charge in [-0.15, -0.1) is 0 Å². The number of aryl methyl sites for hydroxylation is 1. The Kier molecular flexibility index (Phi) is 3.64. The van der Waals surface area contributed by atoms with Crippen LogP contribution in [0.1, 0.15) is 43.1 Å². The van der Waals surface area contributed by atoms with Gasteiger partial charge in [-0.25, -0.2) is 0 Å². The van der Waals surface area contributed by atoms with Crippen molar-refractivity contribution < 1.29 is 0 Å². The highest BCUT2D eigenvalue weighted by Gasteiger charge is 2.23. The topological polar surface area (TPSA) is 29.9 Å². The third-order valence-electron chi connectivity index (χ3n) is 3.39. The van der Waals surface area contributed by atoms with Crippen molar-refractivity contribution in [3.05, 3.63) is 17.0 Å². The van der Waals surface area contributed by atoms with E-state index in [4.69, 9.17) is 0 Å². The van der Waals surface area contributed by atoms with Gasteiger partial charge in [0.05, 0.1) is 5.69 Å². The molecule has 0 unspecified atom stereocenters. The smallest absolute Gasteiger partial charge is 0.0641 e. The summed E-state index contributed by atoms with van der Waals surface area (Å²) < 4.78 is 2.20. The lowest BCUT2D eigenvalue weighted by Gasteiger charge is -2.05. The van der Waals surface area contributed by atoms with Gasteiger partial charge in [-0.05, 0) is 45.6 Å². The van der Waals surface area contributed by atoms with Crippen LogP contribution in [0.15, 0.2) is 0 Å². The zero-order chi connectivity index (χ0) is 11.5. The van der Waals surface area contributed by atoms with Crippen molar-refractivity contribution in [3.8, 4) is 0 Å². The molecule has 1 aromatic rings. The number of nitrogens with zero attached hydrogens (tertiary/aromatic N) is 2. The number of rotatable bonds is 6. The SMILES string of the molecule is CCCNCc1c(C)nn(CC2CC2)c1C. The molecule has 0 atom stereocenters. The first-order chi connectivity index (χ1) is 7.72. The highest BCUT2D eigenvalue weighted by molar-refractivity contribution is 5.24. The third-order valence-corrected chi connectivity index (χ3v) is 3.39. The van der Waals surface area contributed by atoms with E-state index >= 15 is 0 Å². The molecule has 2 rings (SSSR count). The van der Waals surface area contributed by atoms with Gasteiger partial charge in [0.15, 0.2) is 0 Å². The summed E-state index contributed by atoms with van der Waals surface area (Å²) in [6.07, 6.45) is 3.97. The molecule has 0 bridgehead atoms. The van der Waals surface area contributed by atoms with Gasteiger partial charge in [0.1, 0.15) is 0 Å². The molecule has 1 aliphatic rings. The van der Waals surface area contributed by atoms with Crippen molar-refractivity contribution in [1.82, 2.24) is 15.1 Å². The summed E-state index contributed by atoms with van der Waals surface area (Å²) in [6, 6.07) is 0. The number of aromatic nitrogens is 2. The Labute approximate surface area is 98.2 Å². The van der Waals surface area contributed by atoms with Gasteiger partial charge < -0.3 is 5.32 Å². The van der Waals surface area contributed by atoms with Crippen LogP contribution in [0.5, 0.6) is 0 Å². The molecule has 1 aliphatic carbocycles. The standard InChI is InChI=1S/C13H23N3/c1-4-7-14-8-13-10(2)15-16(11(13)3)9-12-5-6-12/h12,14H,4-9H2,1-3H3. The summed E-state index contributed by atoms with van der Waals surface area (Å²) in [5.41, 5.74) is 3.95. The molecule has 0 aromatic carbocycles. The fourth-order valence-corrected chi connectivity index (χ4v) is 2.10. The first-order valence-electron chi connectivity index (χ1n) is 6.46. The summed E-state index contributed by atoms with van der Waals surface area (Å²) in [6.45, 7) is 9.71. The molecule has 90 valence electrons. The third kappa shape index (κ3) is 2.64. The number of nitrogens with one attached hydrogen (secondary N) is 1. The fraction of sp³-hybridized carbons (Fsp3) is 0.769. The molecule has 3 nitrogen and oxygen atoms in total. The Morgan fingerprint density at radius 1 is 1.38 bits per heavy atom. The van der Waals surface area contributed by atoms with E-state index in [0.717, 1.165) is 25.6 Å². The van der Waals surface area contributed by atoms with Gasteiger partial charge in [0, 0.05) is 24.3 Å². The Morgan fingerprint density at radius 3 is 2.75 bits per heavy atom. The highest BCUT2D eigenvalue weighted by Crippen LogP contribution is 2.31. The van der Waals surface area contributed by atoms with E-state index in [1.165, 1.54) is 36.2 Å². The van der Waals surface area contributed by atoms with Crippen LogP contribution in [0.4, 0.5) is 0 Å². The summed E-state index contributed by atoms with van der Waals surface area (Å²) in [5.74, 6) is 0.898. The summed E-state index contributed by atoms with van der Waals surface area (Å²) in [4.78, 5) is 0. The lowest BCUT2D eigenvalue weighted by Crippen LogP contribution is -2.15. The van der Waals surface area contributed by atoms with Crippen molar-refractivity contribution in [1.29, 1.82) is 0 Å². The molecule has 0 saturated heterocycles. The predicted octanol–water partition coefficient (Wildman–Crippen LogP) is 2.41. The summed E-state index contributed by atoms with van der Waals surface area (Å²) in [7, 11) is 0. The first-order valence-corrected chi connectivity index (χ1v) is 6.46. The molecule has 16 heavy (non-hydrogen) atoms. The van der Waals surface area contributed by atoms with E-state index in [0.29, 0.717) is 0 Å². The Morgan fingerprint density at radius 2 is 2.12 bits per heavy atom. The van der Waals surface area contributed by atoms with Crippen LogP contribution in [0, 0.1) is 19.8 Å². The van der Waals surface area contributed by atoms with Gasteiger partial charge in [-0.2, -0.15) is 5.10 Å². The van der Waals surface area contributed by atoms with E-state index in [9.17, 15) is 0 Å². The zero-order valence-electron chi connectivity index (χ0n) is 10.7. The van der Waals surface area contributed by atoms with E-state index in [-0.39, 0.29) is 0 Å². The van der Waals surface area contributed by atoms with Crippen molar-refractivity contribution in [2.75, 3.05) is 6.54 Å². The van der Waals surface area contributed by atoms with Gasteiger partial charge in [0.25, 0.3) is 0 Å². The average molecular weight is 221 g/mol. The first kappa shape index (κ1) is 11.6. The van der Waals surface area contributed by atoms with E-state index in [2.05, 4.69) is 35.9 Å². The van der Waals surface area contributed by atoms with Gasteiger partial charge in [-0.3, -0.25) is 4.68 Å². The minimum absolute atomic E-state index is 0.898. The summed E-state index contributed by atoms with van der Waals surface area (Å²) in [5, 5.41) is 8.11. The molecule has 1 saturated carbocycles. The molecule has 3 heteroatoms. The molecule has 0 spiro atoms. The maximum atomic E-state index is 4.65. The van der Waals surface area contributed by atoms with Crippen LogP contribution >= 0.6 is 0 Å². The van der Waals surface area contributed by atoms with Gasteiger partial charge in [-0.1, -0.05) is 6.92 Å². The predicted molar refractivity (Wildman–Crippen MR) is 66.4 cm³/mol. The molecule has 0 aliphatic heterocycles. The monoisotopic (exact) mass is 221 g/mol. The Hall–Kier alpha value is -0.830. The van der Waals surface area contributed by atoms with Crippen molar-refractivity contribution >= 4 is 0 Å². The molecule has 1 fully saturated rings. The maximum absolute atomic E-state index is 4.65. The second-order valence-electron chi connectivity index (χ2n) is 4.95. The molecule has 1 N–H and O–H groups in total. The molecular formula is C13H23N3. The minimum Gasteiger partial charge on any atom is -0.313 e. The van der Waals surface area contributed by atoms with E-state index in [1.807, 2.05) is 0 Å². The van der Waals surface area contributed by atoms with Crippen LogP contribution in [0.3, 0.4) is 0 Å². The van der Waals surface area contributed by atoms with Crippen molar-refractivity contribution in [3.63, 3.8) is 0 Å². The second-order valence-corrected chi connectivity index (χ2v) is 4.95. The Bertz CT molecular complexity index is 350. The van der Waals surface area contributed by atoms with Crippen molar-refractivity contribution in [2.24, 2.45) is 5.92 Å². The van der Waals surface area contributed by atoms with Crippen LogP contribution in [0.25, 0.3) is 0 Å². The average Bonchev–Trinajstić information content (AvgIpc) is 3.02. The van der Waals surface area contributed by atoms with E-state index < -0.39 is 0 Å². The quantitative estimate of drug-likeness (QED) is 0.748. The summed E-state index contributed by atoms with van der Waals surface area (Å²) >= 11 is 0. The zero-order valence-corrected chi connectivity index (χ0v) is 10.7. The molecular weight excluding hydrogens is 198 g/mol. The minimum atomic E-state index is 0.898. The van der Waals surface area contributed by atoms with Crippen molar-refractivity contribution in [2.45, 2.75) is 53.1 Å².